The van der Waals surface area contributed by atoms with Crippen molar-refractivity contribution in [2.24, 2.45) is 0 Å². The molecule has 0 aliphatic carbocycles. The van der Waals surface area contributed by atoms with Crippen LogP contribution < -0.4 is 10.1 Å². The molecule has 0 unspecified atom stereocenters. The molecule has 3 rings (SSSR count). The fourth-order valence-electron chi connectivity index (χ4n) is 3.56. The van der Waals surface area contributed by atoms with Crippen molar-refractivity contribution >= 4 is 11.9 Å². The molecule has 0 aromatic heterocycles. The quantitative estimate of drug-likeness (QED) is 0.254. The van der Waals surface area contributed by atoms with Gasteiger partial charge in [0, 0.05) is 12.1 Å². The SMILES string of the molecule is CCCCOc1ccc(-c2cc(C(=O)O)ccc2C)cc1CNC(=O)c1ccc(C(F)(F)F)cc1F. The first-order valence-corrected chi connectivity index (χ1v) is 11.3. The molecular formula is C27H25F4NO4. The van der Waals surface area contributed by atoms with E-state index in [4.69, 9.17) is 4.74 Å². The van der Waals surface area contributed by atoms with Gasteiger partial charge < -0.3 is 15.2 Å². The number of rotatable bonds is 9. The highest BCUT2D eigenvalue weighted by Gasteiger charge is 2.31. The van der Waals surface area contributed by atoms with E-state index in [9.17, 15) is 32.3 Å². The van der Waals surface area contributed by atoms with Crippen LogP contribution in [-0.4, -0.2) is 23.6 Å². The molecule has 0 spiro atoms. The number of ether oxygens (including phenoxy) is 1. The largest absolute Gasteiger partial charge is 0.493 e. The maximum absolute atomic E-state index is 14.2. The van der Waals surface area contributed by atoms with Crippen molar-refractivity contribution in [3.8, 4) is 16.9 Å². The van der Waals surface area contributed by atoms with Crippen LogP contribution >= 0.6 is 0 Å². The zero-order valence-electron chi connectivity index (χ0n) is 19.7. The molecule has 0 heterocycles. The molecule has 0 radical (unpaired) electrons. The fraction of sp³-hybridized carbons (Fsp3) is 0.259. The Morgan fingerprint density at radius 2 is 1.78 bits per heavy atom. The van der Waals surface area contributed by atoms with Crippen molar-refractivity contribution in [3.05, 3.63) is 88.2 Å². The molecule has 2 N–H and O–H groups in total. The van der Waals surface area contributed by atoms with Crippen LogP contribution in [0.3, 0.4) is 0 Å². The number of carbonyl (C=O) groups is 2. The van der Waals surface area contributed by atoms with Crippen LogP contribution in [0.15, 0.2) is 54.6 Å². The molecule has 1 amide bonds. The van der Waals surface area contributed by atoms with Gasteiger partial charge in [0.25, 0.3) is 5.91 Å². The minimum atomic E-state index is -4.73. The number of alkyl halides is 3. The molecule has 0 atom stereocenters. The van der Waals surface area contributed by atoms with Crippen LogP contribution in [0, 0.1) is 12.7 Å². The molecule has 0 aliphatic rings. The first-order chi connectivity index (χ1) is 17.0. The maximum Gasteiger partial charge on any atom is 0.416 e. The molecule has 0 bridgehead atoms. The van der Waals surface area contributed by atoms with E-state index < -0.39 is 35.0 Å². The number of carboxylic acid groups (broad SMARTS) is 1. The van der Waals surface area contributed by atoms with Crippen LogP contribution in [0.1, 0.15) is 57.2 Å². The lowest BCUT2D eigenvalue weighted by molar-refractivity contribution is -0.137. The van der Waals surface area contributed by atoms with Crippen LogP contribution in [0.4, 0.5) is 17.6 Å². The average molecular weight is 503 g/mol. The zero-order chi connectivity index (χ0) is 26.5. The highest BCUT2D eigenvalue weighted by Crippen LogP contribution is 2.31. The normalized spacial score (nSPS) is 11.3. The summed E-state index contributed by atoms with van der Waals surface area (Å²) >= 11 is 0. The highest BCUT2D eigenvalue weighted by molar-refractivity contribution is 5.94. The van der Waals surface area contributed by atoms with Gasteiger partial charge in [0.05, 0.1) is 23.3 Å². The summed E-state index contributed by atoms with van der Waals surface area (Å²) in [6.07, 6.45) is -3.03. The second-order valence-corrected chi connectivity index (χ2v) is 8.23. The first-order valence-electron chi connectivity index (χ1n) is 11.3. The number of nitrogens with one attached hydrogen (secondary N) is 1. The molecule has 3 aromatic carbocycles. The molecule has 36 heavy (non-hydrogen) atoms. The number of hydrogen-bond donors (Lipinski definition) is 2. The van der Waals surface area contributed by atoms with Gasteiger partial charge in [-0.05, 0) is 72.5 Å². The number of carboxylic acids is 1. The number of halogens is 4. The Kier molecular flexibility index (Phi) is 8.34. The van der Waals surface area contributed by atoms with Gasteiger partial charge in [-0.15, -0.1) is 0 Å². The third kappa shape index (κ3) is 6.41. The summed E-state index contributed by atoms with van der Waals surface area (Å²) in [5, 5.41) is 11.9. The summed E-state index contributed by atoms with van der Waals surface area (Å²) in [4.78, 5) is 24.0. The minimum absolute atomic E-state index is 0.0910. The molecule has 0 aliphatic heterocycles. The van der Waals surface area contributed by atoms with Crippen molar-refractivity contribution in [1.29, 1.82) is 0 Å². The topological polar surface area (TPSA) is 75.6 Å². The summed E-state index contributed by atoms with van der Waals surface area (Å²) in [6, 6.07) is 11.7. The molecular weight excluding hydrogens is 478 g/mol. The Balaban J connectivity index is 1.90. The minimum Gasteiger partial charge on any atom is -0.493 e. The van der Waals surface area contributed by atoms with E-state index >= 15 is 0 Å². The van der Waals surface area contributed by atoms with Gasteiger partial charge in [-0.1, -0.05) is 25.5 Å². The predicted molar refractivity (Wildman–Crippen MR) is 127 cm³/mol. The molecule has 0 fully saturated rings. The zero-order valence-corrected chi connectivity index (χ0v) is 19.7. The predicted octanol–water partition coefficient (Wildman–Crippen LogP) is 6.63. The fourth-order valence-corrected chi connectivity index (χ4v) is 3.56. The number of amides is 1. The second kappa shape index (κ2) is 11.2. The van der Waals surface area contributed by atoms with Crippen LogP contribution in [-0.2, 0) is 12.7 Å². The average Bonchev–Trinajstić information content (AvgIpc) is 2.82. The van der Waals surface area contributed by atoms with Crippen LogP contribution in [0.2, 0.25) is 0 Å². The third-order valence-corrected chi connectivity index (χ3v) is 5.59. The van der Waals surface area contributed by atoms with E-state index in [0.29, 0.717) is 35.1 Å². The van der Waals surface area contributed by atoms with Gasteiger partial charge in [-0.25, -0.2) is 9.18 Å². The summed E-state index contributed by atoms with van der Waals surface area (Å²) < 4.78 is 58.5. The Morgan fingerprint density at radius 3 is 2.42 bits per heavy atom. The van der Waals surface area contributed by atoms with Crippen molar-refractivity contribution in [1.82, 2.24) is 5.32 Å². The van der Waals surface area contributed by atoms with Crippen molar-refractivity contribution in [3.63, 3.8) is 0 Å². The molecule has 3 aromatic rings. The van der Waals surface area contributed by atoms with Crippen LogP contribution in [0.25, 0.3) is 11.1 Å². The van der Waals surface area contributed by atoms with E-state index in [1.807, 2.05) is 13.8 Å². The third-order valence-electron chi connectivity index (χ3n) is 5.59. The summed E-state index contributed by atoms with van der Waals surface area (Å²) in [6.45, 7) is 4.18. The lowest BCUT2D eigenvalue weighted by atomic mass is 9.96. The molecule has 0 saturated carbocycles. The van der Waals surface area contributed by atoms with Gasteiger partial charge in [-0.3, -0.25) is 4.79 Å². The number of carbonyl (C=O) groups excluding carboxylic acids is 1. The Hall–Kier alpha value is -3.88. The molecule has 0 saturated heterocycles. The highest BCUT2D eigenvalue weighted by atomic mass is 19.4. The van der Waals surface area contributed by atoms with E-state index in [0.717, 1.165) is 24.5 Å². The van der Waals surface area contributed by atoms with Gasteiger partial charge in [0.15, 0.2) is 0 Å². The first kappa shape index (κ1) is 26.7. The Labute approximate surface area is 205 Å². The van der Waals surface area contributed by atoms with Crippen molar-refractivity contribution < 1.29 is 37.0 Å². The Bertz CT molecular complexity index is 1270. The van der Waals surface area contributed by atoms with Gasteiger partial charge >= 0.3 is 12.1 Å². The number of unbranched alkanes of at least 4 members (excludes halogenated alkanes) is 1. The van der Waals surface area contributed by atoms with E-state index in [1.165, 1.54) is 6.07 Å². The summed E-state index contributed by atoms with van der Waals surface area (Å²) in [5.74, 6) is -2.75. The summed E-state index contributed by atoms with van der Waals surface area (Å²) in [5.41, 5.74) is 1.16. The van der Waals surface area contributed by atoms with E-state index in [1.54, 1.807) is 30.3 Å². The lowest BCUT2D eigenvalue weighted by Crippen LogP contribution is -2.24. The number of aryl methyl sites for hydroxylation is 1. The number of aromatic carboxylic acids is 1. The molecule has 9 heteroatoms. The van der Waals surface area contributed by atoms with Gasteiger partial charge in [-0.2, -0.15) is 13.2 Å². The van der Waals surface area contributed by atoms with Gasteiger partial charge in [0.1, 0.15) is 11.6 Å². The molecule has 190 valence electrons. The van der Waals surface area contributed by atoms with E-state index in [-0.39, 0.29) is 18.2 Å². The monoisotopic (exact) mass is 503 g/mol. The summed E-state index contributed by atoms with van der Waals surface area (Å²) in [7, 11) is 0. The van der Waals surface area contributed by atoms with Crippen molar-refractivity contribution in [2.75, 3.05) is 6.61 Å². The Morgan fingerprint density at radius 1 is 1.03 bits per heavy atom. The van der Waals surface area contributed by atoms with Gasteiger partial charge in [0.2, 0.25) is 0 Å². The van der Waals surface area contributed by atoms with E-state index in [2.05, 4.69) is 5.32 Å². The lowest BCUT2D eigenvalue weighted by Gasteiger charge is -2.16. The second-order valence-electron chi connectivity index (χ2n) is 8.23. The maximum atomic E-state index is 14.2. The van der Waals surface area contributed by atoms with Crippen LogP contribution in [0.5, 0.6) is 5.75 Å². The number of hydrogen-bond acceptors (Lipinski definition) is 3. The standard InChI is InChI=1S/C27H25F4NO4/c1-3-4-11-36-24-10-7-17(22-13-18(26(34)35)6-5-16(22)2)12-19(24)15-32-25(33)21-9-8-20(14-23(21)28)27(29,30)31/h5-10,12-14H,3-4,11,15H2,1-2H3,(H,32,33)(H,34,35). The van der Waals surface area contributed by atoms with Crippen molar-refractivity contribution in [2.45, 2.75) is 39.4 Å². The number of benzene rings is 3. The molecule has 5 nitrogen and oxygen atoms in total. The smallest absolute Gasteiger partial charge is 0.416 e.